The number of benzene rings is 2. The first-order valence-electron chi connectivity index (χ1n) is 9.17. The average molecular weight is 387 g/mol. The maximum Gasteiger partial charge on any atom is 0.416 e. The fraction of sp³-hybridized carbons (Fsp3) is 0.286. The lowest BCUT2D eigenvalue weighted by molar-refractivity contribution is -0.137. The highest BCUT2D eigenvalue weighted by atomic mass is 19.4. The quantitative estimate of drug-likeness (QED) is 0.766. The standard InChI is InChI=1S/C21H20F3N3O/c22-21(23,24)17-4-2-1-3-15(17)7-5-14-6-8-18-19(11-14)27-10-9-25-13-16(27)12-20(28)26-18/h1-8,11,16,25H,9-10,12-13H2,(H,26,28). The molecule has 1 fully saturated rings. The number of amides is 1. The third-order valence-corrected chi connectivity index (χ3v) is 5.10. The largest absolute Gasteiger partial charge is 0.416 e. The fourth-order valence-corrected chi connectivity index (χ4v) is 3.76. The summed E-state index contributed by atoms with van der Waals surface area (Å²) in [6.07, 6.45) is -0.831. The van der Waals surface area contributed by atoms with E-state index in [9.17, 15) is 18.0 Å². The number of piperazine rings is 1. The van der Waals surface area contributed by atoms with E-state index in [1.165, 1.54) is 18.2 Å². The van der Waals surface area contributed by atoms with Crippen LogP contribution in [0.5, 0.6) is 0 Å². The molecule has 1 atom stereocenters. The van der Waals surface area contributed by atoms with Crippen LogP contribution in [0.4, 0.5) is 24.5 Å². The number of hydrogen-bond acceptors (Lipinski definition) is 3. The highest BCUT2D eigenvalue weighted by Crippen LogP contribution is 2.35. The van der Waals surface area contributed by atoms with Crippen molar-refractivity contribution < 1.29 is 18.0 Å². The zero-order chi connectivity index (χ0) is 19.7. The molecule has 0 radical (unpaired) electrons. The van der Waals surface area contributed by atoms with Crippen LogP contribution in [0.1, 0.15) is 23.1 Å². The first kappa shape index (κ1) is 18.6. The van der Waals surface area contributed by atoms with Crippen LogP contribution < -0.4 is 15.5 Å². The van der Waals surface area contributed by atoms with Crippen LogP contribution in [-0.4, -0.2) is 31.6 Å². The monoisotopic (exact) mass is 387 g/mol. The van der Waals surface area contributed by atoms with Crippen molar-refractivity contribution in [3.63, 3.8) is 0 Å². The van der Waals surface area contributed by atoms with E-state index in [0.717, 1.165) is 42.6 Å². The molecule has 1 amide bonds. The van der Waals surface area contributed by atoms with Crippen LogP contribution in [0, 0.1) is 0 Å². The van der Waals surface area contributed by atoms with Gasteiger partial charge in [-0.15, -0.1) is 0 Å². The average Bonchev–Trinajstić information content (AvgIpc) is 2.81. The van der Waals surface area contributed by atoms with Gasteiger partial charge in [0.1, 0.15) is 0 Å². The molecule has 28 heavy (non-hydrogen) atoms. The van der Waals surface area contributed by atoms with E-state index < -0.39 is 11.7 Å². The lowest BCUT2D eigenvalue weighted by Gasteiger charge is -2.36. The van der Waals surface area contributed by atoms with Gasteiger partial charge in [-0.05, 0) is 29.3 Å². The van der Waals surface area contributed by atoms with Crippen molar-refractivity contribution in [2.24, 2.45) is 0 Å². The molecule has 0 spiro atoms. The van der Waals surface area contributed by atoms with Gasteiger partial charge in [-0.25, -0.2) is 0 Å². The number of halogens is 3. The predicted octanol–water partition coefficient (Wildman–Crippen LogP) is 4.00. The van der Waals surface area contributed by atoms with Gasteiger partial charge in [0.25, 0.3) is 0 Å². The molecular weight excluding hydrogens is 367 g/mol. The van der Waals surface area contributed by atoms with E-state index in [1.54, 1.807) is 18.2 Å². The van der Waals surface area contributed by atoms with Gasteiger partial charge in [0.2, 0.25) is 5.91 Å². The van der Waals surface area contributed by atoms with Crippen molar-refractivity contribution in [2.75, 3.05) is 29.9 Å². The summed E-state index contributed by atoms with van der Waals surface area (Å²) >= 11 is 0. The molecule has 146 valence electrons. The second-order valence-corrected chi connectivity index (χ2v) is 7.00. The smallest absolute Gasteiger partial charge is 0.364 e. The molecule has 4 rings (SSSR count). The molecule has 2 aromatic carbocycles. The van der Waals surface area contributed by atoms with Gasteiger partial charge in [-0.2, -0.15) is 13.2 Å². The normalized spacial score (nSPS) is 19.8. The van der Waals surface area contributed by atoms with Crippen LogP contribution in [0.3, 0.4) is 0 Å². The number of nitrogens with zero attached hydrogens (tertiary/aromatic N) is 1. The molecule has 0 saturated carbocycles. The molecule has 2 heterocycles. The minimum atomic E-state index is -4.40. The Morgan fingerprint density at radius 1 is 1.11 bits per heavy atom. The number of carbonyl (C=O) groups is 1. The van der Waals surface area contributed by atoms with Gasteiger partial charge >= 0.3 is 6.18 Å². The number of alkyl halides is 3. The first-order valence-corrected chi connectivity index (χ1v) is 9.17. The Bertz CT molecular complexity index is 923. The van der Waals surface area contributed by atoms with E-state index in [4.69, 9.17) is 0 Å². The Morgan fingerprint density at radius 2 is 1.93 bits per heavy atom. The van der Waals surface area contributed by atoms with Crippen LogP contribution in [0.25, 0.3) is 12.2 Å². The number of hydrogen-bond donors (Lipinski definition) is 2. The molecule has 2 aromatic rings. The van der Waals surface area contributed by atoms with Gasteiger partial charge in [0.15, 0.2) is 0 Å². The summed E-state index contributed by atoms with van der Waals surface area (Å²) in [5.41, 5.74) is 1.89. The second kappa shape index (κ2) is 7.31. The number of rotatable bonds is 2. The van der Waals surface area contributed by atoms with Crippen LogP contribution >= 0.6 is 0 Å². The number of fused-ring (bicyclic) bond motifs is 3. The van der Waals surface area contributed by atoms with Gasteiger partial charge < -0.3 is 15.5 Å². The van der Waals surface area contributed by atoms with Gasteiger partial charge in [-0.3, -0.25) is 4.79 Å². The molecule has 4 nitrogen and oxygen atoms in total. The van der Waals surface area contributed by atoms with Crippen molar-refractivity contribution in [3.8, 4) is 0 Å². The topological polar surface area (TPSA) is 44.4 Å². The molecule has 2 N–H and O–H groups in total. The van der Waals surface area contributed by atoms with E-state index in [1.807, 2.05) is 12.1 Å². The zero-order valence-corrected chi connectivity index (χ0v) is 15.1. The Morgan fingerprint density at radius 3 is 2.75 bits per heavy atom. The van der Waals surface area contributed by atoms with E-state index >= 15 is 0 Å². The number of anilines is 2. The Hall–Kier alpha value is -2.80. The first-order chi connectivity index (χ1) is 13.4. The Kier molecular flexibility index (Phi) is 4.85. The zero-order valence-electron chi connectivity index (χ0n) is 15.1. The van der Waals surface area contributed by atoms with Gasteiger partial charge in [0, 0.05) is 26.1 Å². The second-order valence-electron chi connectivity index (χ2n) is 7.00. The number of carbonyl (C=O) groups excluding carboxylic acids is 1. The van der Waals surface area contributed by atoms with Crippen LogP contribution in [-0.2, 0) is 11.0 Å². The maximum absolute atomic E-state index is 13.2. The van der Waals surface area contributed by atoms with E-state index in [2.05, 4.69) is 15.5 Å². The Labute approximate surface area is 161 Å². The summed E-state index contributed by atoms with van der Waals surface area (Å²) in [7, 11) is 0. The highest BCUT2D eigenvalue weighted by Gasteiger charge is 2.32. The SMILES string of the molecule is O=C1CC2CNCCN2c2cc(C=Cc3ccccc3C(F)(F)F)ccc2N1. The molecule has 1 saturated heterocycles. The number of nitrogens with one attached hydrogen (secondary N) is 2. The van der Waals surface area contributed by atoms with Crippen molar-refractivity contribution in [3.05, 3.63) is 59.2 Å². The lowest BCUT2D eigenvalue weighted by Crippen LogP contribution is -2.51. The minimum Gasteiger partial charge on any atom is -0.364 e. The fourth-order valence-electron chi connectivity index (χ4n) is 3.76. The van der Waals surface area contributed by atoms with Crippen molar-refractivity contribution in [1.29, 1.82) is 0 Å². The summed E-state index contributed by atoms with van der Waals surface area (Å²) in [6.45, 7) is 2.33. The summed E-state index contributed by atoms with van der Waals surface area (Å²) in [5.74, 6) is -0.0279. The van der Waals surface area contributed by atoms with Crippen LogP contribution in [0.2, 0.25) is 0 Å². The molecule has 2 aliphatic heterocycles. The molecule has 2 aliphatic rings. The van der Waals surface area contributed by atoms with Crippen LogP contribution in [0.15, 0.2) is 42.5 Å². The summed E-state index contributed by atoms with van der Waals surface area (Å²) in [6, 6.07) is 11.1. The van der Waals surface area contributed by atoms with E-state index in [0.29, 0.717) is 6.42 Å². The molecular formula is C21H20F3N3O. The Balaban J connectivity index is 1.67. The molecule has 0 aliphatic carbocycles. The van der Waals surface area contributed by atoms with Crippen molar-refractivity contribution >= 4 is 29.4 Å². The van der Waals surface area contributed by atoms with Gasteiger partial charge in [0.05, 0.1) is 23.0 Å². The van der Waals surface area contributed by atoms with Gasteiger partial charge in [-0.1, -0.05) is 36.4 Å². The predicted molar refractivity (Wildman–Crippen MR) is 104 cm³/mol. The molecule has 0 bridgehead atoms. The maximum atomic E-state index is 13.2. The molecule has 1 unspecified atom stereocenters. The van der Waals surface area contributed by atoms with E-state index in [-0.39, 0.29) is 17.5 Å². The molecule has 0 aromatic heterocycles. The summed E-state index contributed by atoms with van der Waals surface area (Å²) in [4.78, 5) is 14.3. The van der Waals surface area contributed by atoms with Crippen molar-refractivity contribution in [1.82, 2.24) is 5.32 Å². The highest BCUT2D eigenvalue weighted by molar-refractivity contribution is 5.97. The minimum absolute atomic E-state index is 0.0279. The third-order valence-electron chi connectivity index (χ3n) is 5.10. The summed E-state index contributed by atoms with van der Waals surface area (Å²) in [5, 5.41) is 6.23. The van der Waals surface area contributed by atoms with Crippen molar-refractivity contribution in [2.45, 2.75) is 18.6 Å². The summed E-state index contributed by atoms with van der Waals surface area (Å²) < 4.78 is 39.5. The molecule has 7 heteroatoms. The third kappa shape index (κ3) is 3.75. The lowest BCUT2D eigenvalue weighted by atomic mass is 10.0.